The zero-order chi connectivity index (χ0) is 29.9. The molecule has 0 aromatic carbocycles. The van der Waals surface area contributed by atoms with Crippen LogP contribution in [0.2, 0.25) is 0 Å². The number of nitrogens with one attached hydrogen (secondary N) is 1. The lowest BCUT2D eigenvalue weighted by atomic mass is 9.68. The van der Waals surface area contributed by atoms with E-state index in [1.54, 1.807) is 42.9 Å². The van der Waals surface area contributed by atoms with Crippen molar-refractivity contribution in [3.05, 3.63) is 36.5 Å². The Morgan fingerprint density at radius 3 is 1.71 bits per heavy atom. The van der Waals surface area contributed by atoms with Crippen LogP contribution in [0, 0.1) is 35.5 Å². The van der Waals surface area contributed by atoms with Crippen molar-refractivity contribution in [2.75, 3.05) is 21.1 Å². The summed E-state index contributed by atoms with van der Waals surface area (Å²) in [6.07, 6.45) is 11.6. The third-order valence-electron chi connectivity index (χ3n) is 10.6. The van der Waals surface area contributed by atoms with Gasteiger partial charge in [-0.2, -0.15) is 0 Å². The Morgan fingerprint density at radius 2 is 1.21 bits per heavy atom. The molecule has 3 saturated heterocycles. The van der Waals surface area contributed by atoms with Gasteiger partial charge in [0.05, 0.1) is 0 Å². The topological polar surface area (TPSA) is 143 Å². The summed E-state index contributed by atoms with van der Waals surface area (Å²) in [4.78, 5) is 31.7. The van der Waals surface area contributed by atoms with Crippen molar-refractivity contribution in [1.29, 1.82) is 0 Å². The molecule has 0 spiro atoms. The molecule has 6 rings (SSSR count). The smallest absolute Gasteiger partial charge is 0.379 e. The van der Waals surface area contributed by atoms with Crippen LogP contribution in [0.15, 0.2) is 36.5 Å². The van der Waals surface area contributed by atoms with Crippen molar-refractivity contribution in [3.63, 3.8) is 0 Å². The number of rotatable bonds is 8. The minimum absolute atomic E-state index is 0.140. The molecule has 3 fully saturated rings. The van der Waals surface area contributed by atoms with E-state index in [2.05, 4.69) is 5.23 Å². The van der Waals surface area contributed by atoms with Crippen LogP contribution in [0.25, 0.3) is 0 Å². The van der Waals surface area contributed by atoms with E-state index < -0.39 is 39.1 Å². The van der Waals surface area contributed by atoms with Gasteiger partial charge in [-0.15, -0.1) is 0 Å². The van der Waals surface area contributed by atoms with Gasteiger partial charge in [0.2, 0.25) is 11.8 Å². The molecule has 8 unspecified atom stereocenters. The Hall–Kier alpha value is -1.97. The number of aliphatic hydroxyl groups is 4. The molecule has 0 bridgehead atoms. The van der Waals surface area contributed by atoms with E-state index in [0.29, 0.717) is 38.5 Å². The quantitative estimate of drug-likeness (QED) is 0.172. The number of hydrogen-bond acceptors (Lipinski definition) is 10. The largest absolute Gasteiger partial charge is 0.421 e. The van der Waals surface area contributed by atoms with Gasteiger partial charge >= 0.3 is 21.8 Å². The molecule has 0 saturated carbocycles. The number of nitrogens with zero attached hydrogens (tertiary/aromatic N) is 5. The lowest BCUT2D eigenvalue weighted by molar-refractivity contribution is -0.130. The lowest BCUT2D eigenvalue weighted by Gasteiger charge is -2.45. The molecule has 225 valence electrons. The highest BCUT2D eigenvalue weighted by molar-refractivity contribution is 6.72. The van der Waals surface area contributed by atoms with Crippen molar-refractivity contribution < 1.29 is 30.0 Å². The van der Waals surface area contributed by atoms with Crippen LogP contribution in [-0.4, -0.2) is 124 Å². The molecular formula is C27H42B3N6O6. The molecule has 6 aliphatic rings. The van der Waals surface area contributed by atoms with Gasteiger partial charge in [-0.3, -0.25) is 14.4 Å². The second-order valence-electron chi connectivity index (χ2n) is 12.7. The second-order valence-corrected chi connectivity index (χ2v) is 12.7. The first-order valence-corrected chi connectivity index (χ1v) is 15.2. The van der Waals surface area contributed by atoms with Crippen molar-refractivity contribution in [3.8, 4) is 0 Å². The van der Waals surface area contributed by atoms with Crippen LogP contribution in [0.4, 0.5) is 0 Å². The highest BCUT2D eigenvalue weighted by Gasteiger charge is 2.59. The average molecular weight is 579 g/mol. The third kappa shape index (κ3) is 4.73. The number of carbonyl (C=O) groups excluding carboxylic acids is 2. The van der Waals surface area contributed by atoms with E-state index in [-0.39, 0.29) is 47.3 Å². The fraction of sp³-hybridized carbons (Fsp3) is 0.704. The normalized spacial score (nSPS) is 39.4. The van der Waals surface area contributed by atoms with E-state index in [4.69, 9.17) is 0 Å². The number of carbonyl (C=O) groups is 2. The Kier molecular flexibility index (Phi) is 8.49. The van der Waals surface area contributed by atoms with Crippen molar-refractivity contribution >= 4 is 33.6 Å². The monoisotopic (exact) mass is 579 g/mol. The summed E-state index contributed by atoms with van der Waals surface area (Å²) in [6.45, 7) is 0. The SMILES string of the molecule is CNB(N(C)B(N(C)[B]N1C(=O)C2CC=CCC2C1O)N1C(=O)C2CC=CCC2C1O)N1[C@H](O)C2CC=CCC2[C@@H]1O. The van der Waals surface area contributed by atoms with E-state index in [0.717, 1.165) is 0 Å². The van der Waals surface area contributed by atoms with Gasteiger partial charge in [0, 0.05) is 35.5 Å². The molecule has 2 amide bonds. The lowest BCUT2D eigenvalue weighted by Crippen LogP contribution is -2.75. The highest BCUT2D eigenvalue weighted by Crippen LogP contribution is 2.43. The Morgan fingerprint density at radius 1 is 0.738 bits per heavy atom. The summed E-state index contributed by atoms with van der Waals surface area (Å²) < 4.78 is 3.46. The molecule has 0 aromatic heterocycles. The molecule has 15 heteroatoms. The molecule has 42 heavy (non-hydrogen) atoms. The van der Waals surface area contributed by atoms with Gasteiger partial charge < -0.3 is 44.7 Å². The maximum absolute atomic E-state index is 13.9. The van der Waals surface area contributed by atoms with Gasteiger partial charge in [0.15, 0.2) is 0 Å². The number of hydrogen-bond donors (Lipinski definition) is 5. The maximum Gasteiger partial charge on any atom is 0.421 e. The minimum atomic E-state index is -1.08. The van der Waals surface area contributed by atoms with Gasteiger partial charge in [-0.05, 0) is 59.7 Å². The number of allylic oxidation sites excluding steroid dienone is 6. The predicted octanol–water partition coefficient (Wildman–Crippen LogP) is -1.41. The summed E-state index contributed by atoms with van der Waals surface area (Å²) in [5.74, 6) is -1.82. The molecule has 5 N–H and O–H groups in total. The van der Waals surface area contributed by atoms with Crippen molar-refractivity contribution in [1.82, 2.24) is 29.1 Å². The summed E-state index contributed by atoms with van der Waals surface area (Å²) in [5, 5.41) is 48.7. The van der Waals surface area contributed by atoms with E-state index in [1.165, 1.54) is 9.62 Å². The molecule has 12 nitrogen and oxygen atoms in total. The fourth-order valence-corrected chi connectivity index (χ4v) is 8.38. The zero-order valence-electron chi connectivity index (χ0n) is 24.6. The molecule has 3 aliphatic heterocycles. The molecule has 3 heterocycles. The fourth-order valence-electron chi connectivity index (χ4n) is 8.38. The Balaban J connectivity index is 1.31. The standard InChI is InChI=1S/C27H42B3N6O6/c1-31-29(35-24(39)18-12-6-7-13-19(18)25(35)40)33(3)30(36-26(41)20-14-8-9-15-21(20)27(36)42)32(2)28-34-22(37)16-10-4-5-11-17(16)23(34)38/h4-9,16-22,24-26,31,37,39-41H,10-15H2,1-3H3/t16?,17?,18?,19?,20?,21?,22?,24-,25+,26?. The zero-order valence-corrected chi connectivity index (χ0v) is 24.6. The van der Waals surface area contributed by atoms with Crippen LogP contribution in [0.5, 0.6) is 0 Å². The second kappa shape index (κ2) is 11.8. The first kappa shape index (κ1) is 30.1. The summed E-state index contributed by atoms with van der Waals surface area (Å²) in [7, 11) is 5.08. The van der Waals surface area contributed by atoms with Crippen LogP contribution in [0.1, 0.15) is 38.5 Å². The average Bonchev–Trinajstić information content (AvgIpc) is 3.51. The minimum Gasteiger partial charge on any atom is -0.379 e. The van der Waals surface area contributed by atoms with E-state index in [9.17, 15) is 30.0 Å². The van der Waals surface area contributed by atoms with Crippen LogP contribution in [0.3, 0.4) is 0 Å². The van der Waals surface area contributed by atoms with Crippen molar-refractivity contribution in [2.24, 2.45) is 35.5 Å². The van der Waals surface area contributed by atoms with Gasteiger partial charge in [0.1, 0.15) is 24.9 Å². The van der Waals surface area contributed by atoms with Crippen LogP contribution in [-0.2, 0) is 9.59 Å². The molecule has 0 aromatic rings. The Bertz CT molecular complexity index is 1130. The Labute approximate surface area is 249 Å². The summed E-state index contributed by atoms with van der Waals surface area (Å²) in [5.41, 5.74) is 0. The van der Waals surface area contributed by atoms with Gasteiger partial charge in [0.25, 0.3) is 0 Å². The van der Waals surface area contributed by atoms with Gasteiger partial charge in [-0.25, -0.2) is 0 Å². The van der Waals surface area contributed by atoms with E-state index >= 15 is 0 Å². The highest BCUT2D eigenvalue weighted by atomic mass is 16.3. The number of aliphatic hydroxyl groups excluding tert-OH is 4. The maximum atomic E-state index is 13.9. The first-order valence-electron chi connectivity index (χ1n) is 15.2. The van der Waals surface area contributed by atoms with Gasteiger partial charge in [-0.1, -0.05) is 36.5 Å². The molecule has 3 aliphatic carbocycles. The molecule has 1 radical (unpaired) electrons. The summed E-state index contributed by atoms with van der Waals surface area (Å²) in [6, 6.07) is 0. The molecular weight excluding hydrogens is 537 g/mol. The number of amides is 2. The molecule has 10 atom stereocenters. The third-order valence-corrected chi connectivity index (χ3v) is 10.6. The number of fused-ring (bicyclic) bond motifs is 3. The predicted molar refractivity (Wildman–Crippen MR) is 157 cm³/mol. The first-order chi connectivity index (χ1) is 20.2. The van der Waals surface area contributed by atoms with E-state index in [1.807, 2.05) is 36.5 Å². The summed E-state index contributed by atoms with van der Waals surface area (Å²) >= 11 is 0. The van der Waals surface area contributed by atoms with Crippen LogP contribution < -0.4 is 5.23 Å². The van der Waals surface area contributed by atoms with Crippen molar-refractivity contribution in [2.45, 2.75) is 63.4 Å². The van der Waals surface area contributed by atoms with Crippen LogP contribution >= 0.6 is 0 Å².